The Morgan fingerprint density at radius 3 is 2.09 bits per heavy atom. The first-order valence-electron chi connectivity index (χ1n) is 6.67. The van der Waals surface area contributed by atoms with Crippen molar-refractivity contribution in [2.45, 2.75) is 0 Å². The standard InChI is InChI=1S/C8H6N2O2.C8H8N2/c11-10(12)7-1-2-8-6(5-7)3-4-9-8;9-7-1-2-8-6(5-7)3-4-10-8/h1-5,9H;1-5,10H,9H2. The molecular formula is C16H14N4O2. The lowest BCUT2D eigenvalue weighted by Crippen LogP contribution is -1.86. The highest BCUT2D eigenvalue weighted by Crippen LogP contribution is 2.19. The number of hydrogen-bond donors (Lipinski definition) is 3. The third-order valence-corrected chi connectivity index (χ3v) is 3.33. The number of H-pyrrole nitrogens is 2. The van der Waals surface area contributed by atoms with E-state index in [-0.39, 0.29) is 5.69 Å². The third-order valence-electron chi connectivity index (χ3n) is 3.33. The number of anilines is 1. The summed E-state index contributed by atoms with van der Waals surface area (Å²) >= 11 is 0. The molecule has 4 N–H and O–H groups in total. The average Bonchev–Trinajstić information content (AvgIpc) is 3.14. The molecule has 6 nitrogen and oxygen atoms in total. The number of non-ortho nitro benzene ring substituents is 1. The average molecular weight is 294 g/mol. The highest BCUT2D eigenvalue weighted by Gasteiger charge is 2.05. The predicted molar refractivity (Wildman–Crippen MR) is 87.7 cm³/mol. The van der Waals surface area contributed by atoms with E-state index in [9.17, 15) is 10.1 Å². The first-order chi connectivity index (χ1) is 10.6. The monoisotopic (exact) mass is 294 g/mol. The molecule has 2 aromatic heterocycles. The van der Waals surface area contributed by atoms with E-state index < -0.39 is 4.92 Å². The van der Waals surface area contributed by atoms with Crippen molar-refractivity contribution in [1.82, 2.24) is 9.97 Å². The molecule has 0 atom stereocenters. The molecule has 4 rings (SSSR count). The van der Waals surface area contributed by atoms with Gasteiger partial charge in [-0.2, -0.15) is 0 Å². The number of rotatable bonds is 1. The molecule has 4 aromatic rings. The van der Waals surface area contributed by atoms with Gasteiger partial charge in [-0.1, -0.05) is 0 Å². The van der Waals surface area contributed by atoms with Gasteiger partial charge in [0.05, 0.1) is 4.92 Å². The molecular weight excluding hydrogens is 280 g/mol. The lowest BCUT2D eigenvalue weighted by Gasteiger charge is -1.90. The maximum atomic E-state index is 10.4. The van der Waals surface area contributed by atoms with Crippen LogP contribution in [0.1, 0.15) is 0 Å². The fourth-order valence-electron chi connectivity index (χ4n) is 2.23. The Kier molecular flexibility index (Phi) is 3.49. The quantitative estimate of drug-likeness (QED) is 0.282. The third kappa shape index (κ3) is 2.76. The number of fused-ring (bicyclic) bond motifs is 2. The lowest BCUT2D eigenvalue weighted by atomic mass is 10.2. The van der Waals surface area contributed by atoms with Gasteiger partial charge in [-0.15, -0.1) is 0 Å². The smallest absolute Gasteiger partial charge is 0.270 e. The van der Waals surface area contributed by atoms with Crippen LogP contribution in [-0.4, -0.2) is 14.9 Å². The van der Waals surface area contributed by atoms with Crippen molar-refractivity contribution in [2.24, 2.45) is 0 Å². The number of nitrogens with one attached hydrogen (secondary N) is 2. The van der Waals surface area contributed by atoms with Crippen LogP contribution < -0.4 is 5.73 Å². The van der Waals surface area contributed by atoms with Crippen molar-refractivity contribution in [3.05, 3.63) is 71.0 Å². The van der Waals surface area contributed by atoms with Crippen LogP contribution >= 0.6 is 0 Å². The summed E-state index contributed by atoms with van der Waals surface area (Å²) in [6.45, 7) is 0. The molecule has 0 aliphatic carbocycles. The van der Waals surface area contributed by atoms with E-state index in [1.165, 1.54) is 11.5 Å². The van der Waals surface area contributed by atoms with Crippen LogP contribution in [0.25, 0.3) is 21.8 Å². The van der Waals surface area contributed by atoms with Crippen molar-refractivity contribution >= 4 is 33.2 Å². The fraction of sp³-hybridized carbons (Fsp3) is 0. The zero-order valence-corrected chi connectivity index (χ0v) is 11.6. The highest BCUT2D eigenvalue weighted by molar-refractivity contribution is 5.82. The first kappa shape index (κ1) is 13.7. The van der Waals surface area contributed by atoms with Crippen LogP contribution in [0.5, 0.6) is 0 Å². The Balaban J connectivity index is 0.000000133. The van der Waals surface area contributed by atoms with Gasteiger partial charge in [0, 0.05) is 52.0 Å². The number of hydrogen-bond acceptors (Lipinski definition) is 3. The van der Waals surface area contributed by atoms with Gasteiger partial charge in [-0.05, 0) is 36.4 Å². The minimum absolute atomic E-state index is 0.127. The van der Waals surface area contributed by atoms with Crippen LogP contribution in [0, 0.1) is 10.1 Å². The highest BCUT2D eigenvalue weighted by atomic mass is 16.6. The number of nitro groups is 1. The largest absolute Gasteiger partial charge is 0.399 e. The summed E-state index contributed by atoms with van der Waals surface area (Å²) in [5.41, 5.74) is 8.56. The van der Waals surface area contributed by atoms with Gasteiger partial charge in [-0.25, -0.2) is 0 Å². The Bertz CT molecular complexity index is 939. The van der Waals surface area contributed by atoms with E-state index in [2.05, 4.69) is 9.97 Å². The Labute approximate surface area is 125 Å². The van der Waals surface area contributed by atoms with Crippen LogP contribution in [0.3, 0.4) is 0 Å². The molecule has 110 valence electrons. The molecule has 2 aromatic carbocycles. The van der Waals surface area contributed by atoms with Crippen molar-refractivity contribution < 1.29 is 4.92 Å². The molecule has 0 saturated heterocycles. The number of nitro benzene ring substituents is 1. The second kappa shape index (κ2) is 5.61. The second-order valence-electron chi connectivity index (χ2n) is 4.83. The van der Waals surface area contributed by atoms with Crippen molar-refractivity contribution in [3.8, 4) is 0 Å². The number of aromatic amines is 2. The molecule has 0 spiro atoms. The molecule has 6 heteroatoms. The van der Waals surface area contributed by atoms with E-state index in [1.807, 2.05) is 36.5 Å². The Morgan fingerprint density at radius 2 is 1.45 bits per heavy atom. The van der Waals surface area contributed by atoms with Crippen LogP contribution in [0.2, 0.25) is 0 Å². The second-order valence-corrected chi connectivity index (χ2v) is 4.83. The zero-order chi connectivity index (χ0) is 15.5. The normalized spacial score (nSPS) is 10.4. The molecule has 0 bridgehead atoms. The molecule has 2 heterocycles. The Morgan fingerprint density at radius 1 is 0.864 bits per heavy atom. The molecule has 0 saturated carbocycles. The number of nitrogens with zero attached hydrogens (tertiary/aromatic N) is 1. The SMILES string of the molecule is Nc1ccc2[nH]ccc2c1.O=[N+]([O-])c1ccc2[nH]ccc2c1. The first-order valence-corrected chi connectivity index (χ1v) is 6.67. The number of nitrogens with two attached hydrogens (primary N) is 1. The summed E-state index contributed by atoms with van der Waals surface area (Å²) in [6, 6.07) is 14.4. The molecule has 0 amide bonds. The minimum Gasteiger partial charge on any atom is -0.399 e. The summed E-state index contributed by atoms with van der Waals surface area (Å²) in [7, 11) is 0. The van der Waals surface area contributed by atoms with Crippen molar-refractivity contribution in [3.63, 3.8) is 0 Å². The summed E-state index contributed by atoms with van der Waals surface area (Å²) in [4.78, 5) is 16.0. The maximum Gasteiger partial charge on any atom is 0.270 e. The van der Waals surface area contributed by atoms with E-state index in [0.29, 0.717) is 0 Å². The lowest BCUT2D eigenvalue weighted by molar-refractivity contribution is -0.384. The van der Waals surface area contributed by atoms with E-state index in [1.54, 1.807) is 18.3 Å². The number of aromatic nitrogens is 2. The van der Waals surface area contributed by atoms with Crippen molar-refractivity contribution in [1.29, 1.82) is 0 Å². The van der Waals surface area contributed by atoms with Crippen LogP contribution in [-0.2, 0) is 0 Å². The predicted octanol–water partition coefficient (Wildman–Crippen LogP) is 3.83. The van der Waals surface area contributed by atoms with Gasteiger partial charge in [0.25, 0.3) is 5.69 Å². The van der Waals surface area contributed by atoms with E-state index in [4.69, 9.17) is 5.73 Å². The molecule has 0 unspecified atom stereocenters. The van der Waals surface area contributed by atoms with Gasteiger partial charge < -0.3 is 15.7 Å². The van der Waals surface area contributed by atoms with Gasteiger partial charge in [0.1, 0.15) is 0 Å². The van der Waals surface area contributed by atoms with Gasteiger partial charge in [-0.3, -0.25) is 10.1 Å². The topological polar surface area (TPSA) is 101 Å². The molecule has 0 aliphatic heterocycles. The zero-order valence-electron chi connectivity index (χ0n) is 11.6. The molecule has 0 fully saturated rings. The number of nitrogen functional groups attached to an aromatic ring is 1. The fourth-order valence-corrected chi connectivity index (χ4v) is 2.23. The maximum absolute atomic E-state index is 10.4. The van der Waals surface area contributed by atoms with E-state index in [0.717, 1.165) is 22.1 Å². The summed E-state index contributed by atoms with van der Waals surface area (Å²) in [6.07, 6.45) is 3.67. The van der Waals surface area contributed by atoms with Gasteiger partial charge in [0.2, 0.25) is 0 Å². The van der Waals surface area contributed by atoms with Gasteiger partial charge >= 0.3 is 0 Å². The molecule has 22 heavy (non-hydrogen) atoms. The summed E-state index contributed by atoms with van der Waals surface area (Å²) < 4.78 is 0. The summed E-state index contributed by atoms with van der Waals surface area (Å²) in [5.74, 6) is 0. The van der Waals surface area contributed by atoms with E-state index >= 15 is 0 Å². The van der Waals surface area contributed by atoms with Crippen LogP contribution in [0.4, 0.5) is 11.4 Å². The Hall–Kier alpha value is -3.28. The minimum atomic E-state index is -0.396. The van der Waals surface area contributed by atoms with Crippen molar-refractivity contribution in [2.75, 3.05) is 5.73 Å². The van der Waals surface area contributed by atoms with Crippen LogP contribution in [0.15, 0.2) is 60.9 Å². The number of benzene rings is 2. The van der Waals surface area contributed by atoms with Gasteiger partial charge in [0.15, 0.2) is 0 Å². The molecule has 0 aliphatic rings. The summed E-state index contributed by atoms with van der Waals surface area (Å²) in [5, 5.41) is 12.4. The molecule has 0 radical (unpaired) electrons.